The number of rotatable bonds is 4. The van der Waals surface area contributed by atoms with Crippen LogP contribution in [0.4, 0.5) is 0 Å². The molecule has 0 nitrogen and oxygen atoms in total. The maximum atomic E-state index is 3.22. The fraction of sp³-hybridized carbons (Fsp3) is 0.300. The highest BCUT2D eigenvalue weighted by Crippen LogP contribution is 2.08. The van der Waals surface area contributed by atoms with Crippen LogP contribution in [-0.4, -0.2) is 0 Å². The second-order valence-corrected chi connectivity index (χ2v) is 5.27. The Hall–Kier alpha value is -2.00. The van der Waals surface area contributed by atoms with E-state index in [1.807, 2.05) is 0 Å². The van der Waals surface area contributed by atoms with Gasteiger partial charge in [-0.1, -0.05) is 61.4 Å². The number of benzene rings is 2. The van der Waals surface area contributed by atoms with Crippen molar-refractivity contribution in [2.45, 2.75) is 39.5 Å². The second kappa shape index (κ2) is 7.56. The van der Waals surface area contributed by atoms with Gasteiger partial charge in [-0.05, 0) is 49.6 Å². The Morgan fingerprint density at radius 1 is 0.750 bits per heavy atom. The molecule has 0 saturated carbocycles. The van der Waals surface area contributed by atoms with Crippen molar-refractivity contribution in [2.75, 3.05) is 0 Å². The molecule has 0 aliphatic carbocycles. The first-order valence-electron chi connectivity index (χ1n) is 7.45. The van der Waals surface area contributed by atoms with Gasteiger partial charge >= 0.3 is 0 Å². The molecule has 2 aromatic carbocycles. The number of unbranched alkanes of at least 4 members (excludes halogenated alkanes) is 2. The maximum Gasteiger partial charge on any atom is 0.0249 e. The topological polar surface area (TPSA) is 0 Å². The minimum Gasteiger partial charge on any atom is -0.0654 e. The average Bonchev–Trinajstić information content (AvgIpc) is 2.48. The van der Waals surface area contributed by atoms with Crippen molar-refractivity contribution in [1.82, 2.24) is 0 Å². The first kappa shape index (κ1) is 14.4. The van der Waals surface area contributed by atoms with E-state index in [1.165, 1.54) is 36.8 Å². The Labute approximate surface area is 122 Å². The van der Waals surface area contributed by atoms with Crippen LogP contribution < -0.4 is 0 Å². The lowest BCUT2D eigenvalue weighted by Gasteiger charge is -2.00. The van der Waals surface area contributed by atoms with Gasteiger partial charge in [-0.2, -0.15) is 0 Å². The Balaban J connectivity index is 1.98. The van der Waals surface area contributed by atoms with Crippen LogP contribution in [0.5, 0.6) is 0 Å². The summed E-state index contributed by atoms with van der Waals surface area (Å²) in [6.45, 7) is 4.33. The predicted octanol–water partition coefficient (Wildman–Crippen LogP) is 5.13. The highest BCUT2D eigenvalue weighted by molar-refractivity contribution is 5.43. The summed E-state index contributed by atoms with van der Waals surface area (Å²) in [6.07, 6.45) is 5.06. The van der Waals surface area contributed by atoms with Crippen molar-refractivity contribution >= 4 is 0 Å². The summed E-state index contributed by atoms with van der Waals surface area (Å²) in [7, 11) is 0. The van der Waals surface area contributed by atoms with Crippen LogP contribution in [0, 0.1) is 18.8 Å². The molecule has 20 heavy (non-hydrogen) atoms. The van der Waals surface area contributed by atoms with Gasteiger partial charge in [-0.15, -0.1) is 0 Å². The van der Waals surface area contributed by atoms with Gasteiger partial charge in [-0.25, -0.2) is 0 Å². The molecule has 0 heteroatoms. The van der Waals surface area contributed by atoms with Gasteiger partial charge < -0.3 is 0 Å². The van der Waals surface area contributed by atoms with Crippen molar-refractivity contribution in [1.29, 1.82) is 0 Å². The van der Waals surface area contributed by atoms with Gasteiger partial charge in [0.15, 0.2) is 0 Å². The second-order valence-electron chi connectivity index (χ2n) is 5.27. The molecule has 0 fully saturated rings. The van der Waals surface area contributed by atoms with Crippen molar-refractivity contribution < 1.29 is 0 Å². The molecule has 0 saturated heterocycles. The molecule has 0 unspecified atom stereocenters. The van der Waals surface area contributed by atoms with Crippen molar-refractivity contribution in [3.05, 3.63) is 70.8 Å². The van der Waals surface area contributed by atoms with Gasteiger partial charge in [0.05, 0.1) is 0 Å². The molecule has 0 bridgehead atoms. The van der Waals surface area contributed by atoms with E-state index >= 15 is 0 Å². The lowest BCUT2D eigenvalue weighted by molar-refractivity contribution is 0.717. The number of hydrogen-bond acceptors (Lipinski definition) is 0. The summed E-state index contributed by atoms with van der Waals surface area (Å²) in [5.41, 5.74) is 4.85. The number of aryl methyl sites for hydroxylation is 2. The van der Waals surface area contributed by atoms with Crippen LogP contribution in [0.3, 0.4) is 0 Å². The summed E-state index contributed by atoms with van der Waals surface area (Å²) in [5.74, 6) is 6.43. The molecule has 2 rings (SSSR count). The minimum atomic E-state index is 1.07. The van der Waals surface area contributed by atoms with Gasteiger partial charge in [0.1, 0.15) is 0 Å². The molecular weight excluding hydrogens is 240 g/mol. The van der Waals surface area contributed by atoms with Crippen LogP contribution in [-0.2, 0) is 6.42 Å². The minimum absolute atomic E-state index is 1.07. The normalized spacial score (nSPS) is 9.90. The van der Waals surface area contributed by atoms with E-state index in [4.69, 9.17) is 0 Å². The molecular formula is C20H22. The highest BCUT2D eigenvalue weighted by atomic mass is 14.0. The fourth-order valence-electron chi connectivity index (χ4n) is 2.12. The SMILES string of the molecule is CCCCCc1ccc(C#Cc2ccc(C)cc2)cc1. The van der Waals surface area contributed by atoms with Crippen LogP contribution >= 0.6 is 0 Å². The van der Waals surface area contributed by atoms with Crippen LogP contribution in [0.2, 0.25) is 0 Å². The van der Waals surface area contributed by atoms with Crippen molar-refractivity contribution in [2.24, 2.45) is 0 Å². The van der Waals surface area contributed by atoms with E-state index in [2.05, 4.69) is 74.2 Å². The van der Waals surface area contributed by atoms with Crippen LogP contribution in [0.15, 0.2) is 48.5 Å². The smallest absolute Gasteiger partial charge is 0.0249 e. The molecule has 0 radical (unpaired) electrons. The third-order valence-corrected chi connectivity index (χ3v) is 3.43. The van der Waals surface area contributed by atoms with E-state index in [0.717, 1.165) is 11.1 Å². The van der Waals surface area contributed by atoms with Crippen molar-refractivity contribution in [3.8, 4) is 11.8 Å². The first-order chi connectivity index (χ1) is 9.78. The van der Waals surface area contributed by atoms with Crippen LogP contribution in [0.25, 0.3) is 0 Å². The van der Waals surface area contributed by atoms with E-state index in [9.17, 15) is 0 Å². The molecule has 0 spiro atoms. The van der Waals surface area contributed by atoms with Gasteiger partial charge in [0.2, 0.25) is 0 Å². The molecule has 0 atom stereocenters. The zero-order chi connectivity index (χ0) is 14.2. The zero-order valence-electron chi connectivity index (χ0n) is 12.4. The summed E-state index contributed by atoms with van der Waals surface area (Å²) >= 11 is 0. The Morgan fingerprint density at radius 2 is 1.30 bits per heavy atom. The molecule has 102 valence electrons. The van der Waals surface area contributed by atoms with Gasteiger partial charge in [0, 0.05) is 11.1 Å². The molecule has 0 N–H and O–H groups in total. The van der Waals surface area contributed by atoms with E-state index in [1.54, 1.807) is 0 Å². The third kappa shape index (κ3) is 4.59. The van der Waals surface area contributed by atoms with Gasteiger partial charge in [0.25, 0.3) is 0 Å². The van der Waals surface area contributed by atoms with E-state index in [0.29, 0.717) is 0 Å². The Bertz CT molecular complexity index is 577. The summed E-state index contributed by atoms with van der Waals surface area (Å²) in [5, 5.41) is 0. The summed E-state index contributed by atoms with van der Waals surface area (Å²) in [4.78, 5) is 0. The van der Waals surface area contributed by atoms with E-state index in [-0.39, 0.29) is 0 Å². The number of hydrogen-bond donors (Lipinski definition) is 0. The summed E-state index contributed by atoms with van der Waals surface area (Å²) in [6, 6.07) is 17.0. The molecule has 0 aromatic heterocycles. The predicted molar refractivity (Wildman–Crippen MR) is 86.8 cm³/mol. The molecule has 0 aliphatic heterocycles. The standard InChI is InChI=1S/C20H22/c1-3-4-5-6-18-11-13-20(14-12-18)16-15-19-9-7-17(2)8-10-19/h7-14H,3-6H2,1-2H3. The molecule has 0 amide bonds. The fourth-order valence-corrected chi connectivity index (χ4v) is 2.12. The Morgan fingerprint density at radius 3 is 1.85 bits per heavy atom. The summed E-state index contributed by atoms with van der Waals surface area (Å²) < 4.78 is 0. The monoisotopic (exact) mass is 262 g/mol. The highest BCUT2D eigenvalue weighted by Gasteiger charge is 1.93. The third-order valence-electron chi connectivity index (χ3n) is 3.43. The van der Waals surface area contributed by atoms with Crippen LogP contribution in [0.1, 0.15) is 48.4 Å². The molecule has 0 aliphatic rings. The van der Waals surface area contributed by atoms with Gasteiger partial charge in [-0.3, -0.25) is 0 Å². The molecule has 0 heterocycles. The first-order valence-corrected chi connectivity index (χ1v) is 7.45. The molecule has 2 aromatic rings. The van der Waals surface area contributed by atoms with Crippen molar-refractivity contribution in [3.63, 3.8) is 0 Å². The Kier molecular flexibility index (Phi) is 5.44. The quantitative estimate of drug-likeness (QED) is 0.529. The largest absolute Gasteiger partial charge is 0.0654 e. The lowest BCUT2D eigenvalue weighted by Crippen LogP contribution is -1.85. The van der Waals surface area contributed by atoms with E-state index < -0.39 is 0 Å². The maximum absolute atomic E-state index is 3.22. The zero-order valence-corrected chi connectivity index (χ0v) is 12.4. The average molecular weight is 262 g/mol. The lowest BCUT2D eigenvalue weighted by atomic mass is 10.1.